The van der Waals surface area contributed by atoms with E-state index >= 15 is 0 Å². The van der Waals surface area contributed by atoms with Gasteiger partial charge in [-0.15, -0.1) is 0 Å². The lowest BCUT2D eigenvalue weighted by molar-refractivity contribution is -0.122. The van der Waals surface area contributed by atoms with Gasteiger partial charge in [-0.05, 0) is 12.8 Å². The fourth-order valence-corrected chi connectivity index (χ4v) is 1.27. The standard InChI is InChI=1S/C8H13F3N2O2/c9-8(10,11)5-12-7(14)13-6-2-1-3-15-4-6/h6H,1-5H2,(H2,12,13,14). The third-order valence-electron chi connectivity index (χ3n) is 1.94. The molecule has 0 aliphatic carbocycles. The van der Waals surface area contributed by atoms with E-state index in [9.17, 15) is 18.0 Å². The van der Waals surface area contributed by atoms with E-state index in [1.807, 2.05) is 0 Å². The molecule has 0 bridgehead atoms. The Morgan fingerprint density at radius 3 is 2.73 bits per heavy atom. The maximum atomic E-state index is 11.7. The number of alkyl halides is 3. The first-order valence-electron chi connectivity index (χ1n) is 4.66. The van der Waals surface area contributed by atoms with E-state index in [1.54, 1.807) is 5.32 Å². The number of ether oxygens (including phenoxy) is 1. The van der Waals surface area contributed by atoms with Gasteiger partial charge < -0.3 is 15.4 Å². The van der Waals surface area contributed by atoms with Gasteiger partial charge in [0.25, 0.3) is 0 Å². The molecule has 2 N–H and O–H groups in total. The van der Waals surface area contributed by atoms with Gasteiger partial charge in [-0.2, -0.15) is 13.2 Å². The number of amides is 2. The number of carbonyl (C=O) groups is 1. The number of hydrogen-bond donors (Lipinski definition) is 2. The SMILES string of the molecule is O=C(NCC(F)(F)F)NC1CCCOC1. The van der Waals surface area contributed by atoms with Crippen molar-refractivity contribution in [2.24, 2.45) is 0 Å². The summed E-state index contributed by atoms with van der Waals surface area (Å²) in [4.78, 5) is 11.0. The highest BCUT2D eigenvalue weighted by Gasteiger charge is 2.28. The number of carbonyl (C=O) groups excluding carboxylic acids is 1. The molecule has 0 aromatic carbocycles. The minimum absolute atomic E-state index is 0.188. The van der Waals surface area contributed by atoms with Crippen molar-refractivity contribution in [3.63, 3.8) is 0 Å². The van der Waals surface area contributed by atoms with Gasteiger partial charge in [-0.25, -0.2) is 4.79 Å². The number of rotatable bonds is 2. The van der Waals surface area contributed by atoms with Crippen LogP contribution >= 0.6 is 0 Å². The van der Waals surface area contributed by atoms with Crippen LogP contribution in [0.25, 0.3) is 0 Å². The molecule has 4 nitrogen and oxygen atoms in total. The highest BCUT2D eigenvalue weighted by Crippen LogP contribution is 2.12. The summed E-state index contributed by atoms with van der Waals surface area (Å²) in [5, 5.41) is 4.16. The molecular weight excluding hydrogens is 213 g/mol. The van der Waals surface area contributed by atoms with Crippen molar-refractivity contribution >= 4 is 6.03 Å². The molecule has 0 spiro atoms. The van der Waals surface area contributed by atoms with Gasteiger partial charge in [-0.1, -0.05) is 0 Å². The van der Waals surface area contributed by atoms with Gasteiger partial charge in [-0.3, -0.25) is 0 Å². The Balaban J connectivity index is 2.17. The molecule has 1 fully saturated rings. The van der Waals surface area contributed by atoms with E-state index in [4.69, 9.17) is 4.74 Å². The third kappa shape index (κ3) is 5.46. The largest absolute Gasteiger partial charge is 0.405 e. The highest BCUT2D eigenvalue weighted by atomic mass is 19.4. The van der Waals surface area contributed by atoms with Crippen molar-refractivity contribution < 1.29 is 22.7 Å². The summed E-state index contributed by atoms with van der Waals surface area (Å²) in [6.45, 7) is -0.311. The topological polar surface area (TPSA) is 50.4 Å². The van der Waals surface area contributed by atoms with E-state index in [2.05, 4.69) is 5.32 Å². The molecule has 15 heavy (non-hydrogen) atoms. The van der Waals surface area contributed by atoms with E-state index in [0.717, 1.165) is 12.8 Å². The summed E-state index contributed by atoms with van der Waals surface area (Å²) >= 11 is 0. The van der Waals surface area contributed by atoms with Crippen LogP contribution in [0.4, 0.5) is 18.0 Å². The second kappa shape index (κ2) is 5.20. The first-order chi connectivity index (χ1) is 6.97. The molecule has 1 aliphatic heterocycles. The fourth-order valence-electron chi connectivity index (χ4n) is 1.27. The van der Waals surface area contributed by atoms with Gasteiger partial charge in [0, 0.05) is 6.61 Å². The normalized spacial score (nSPS) is 22.2. The van der Waals surface area contributed by atoms with Crippen LogP contribution in [0.5, 0.6) is 0 Å². The quantitative estimate of drug-likeness (QED) is 0.738. The van der Waals surface area contributed by atoms with Crippen LogP contribution in [-0.4, -0.2) is 38.0 Å². The van der Waals surface area contributed by atoms with Crippen LogP contribution in [0, 0.1) is 0 Å². The third-order valence-corrected chi connectivity index (χ3v) is 1.94. The molecule has 1 unspecified atom stereocenters. The maximum Gasteiger partial charge on any atom is 0.405 e. The van der Waals surface area contributed by atoms with E-state index < -0.39 is 18.8 Å². The van der Waals surface area contributed by atoms with Crippen molar-refractivity contribution in [3.8, 4) is 0 Å². The molecule has 1 rings (SSSR count). The molecule has 88 valence electrons. The average Bonchev–Trinajstić information content (AvgIpc) is 2.15. The molecule has 0 aromatic rings. The molecule has 2 amide bonds. The Hall–Kier alpha value is -0.980. The summed E-state index contributed by atoms with van der Waals surface area (Å²) in [5.74, 6) is 0. The van der Waals surface area contributed by atoms with Crippen LogP contribution in [0.1, 0.15) is 12.8 Å². The van der Waals surface area contributed by atoms with Crippen LogP contribution < -0.4 is 10.6 Å². The van der Waals surface area contributed by atoms with Crippen LogP contribution in [0.2, 0.25) is 0 Å². The minimum atomic E-state index is -4.37. The molecule has 1 aliphatic rings. The summed E-state index contributed by atoms with van der Waals surface area (Å²) in [5.41, 5.74) is 0. The highest BCUT2D eigenvalue weighted by molar-refractivity contribution is 5.74. The lowest BCUT2D eigenvalue weighted by atomic mass is 10.1. The van der Waals surface area contributed by atoms with Crippen molar-refractivity contribution in [2.75, 3.05) is 19.8 Å². The zero-order chi connectivity index (χ0) is 11.3. The van der Waals surface area contributed by atoms with E-state index in [1.165, 1.54) is 0 Å². The van der Waals surface area contributed by atoms with Gasteiger partial charge >= 0.3 is 12.2 Å². The molecule has 0 radical (unpaired) electrons. The van der Waals surface area contributed by atoms with Crippen molar-refractivity contribution in [3.05, 3.63) is 0 Å². The van der Waals surface area contributed by atoms with Crippen LogP contribution in [0.3, 0.4) is 0 Å². The van der Waals surface area contributed by atoms with Gasteiger partial charge in [0.05, 0.1) is 12.6 Å². The second-order valence-electron chi connectivity index (χ2n) is 3.36. The number of halogens is 3. The summed E-state index contributed by atoms with van der Waals surface area (Å²) in [6, 6.07) is -0.991. The van der Waals surface area contributed by atoms with E-state index in [-0.39, 0.29) is 6.04 Å². The Kier molecular flexibility index (Phi) is 4.19. The molecule has 1 heterocycles. The lowest BCUT2D eigenvalue weighted by Crippen LogP contribution is -2.47. The molecule has 7 heteroatoms. The van der Waals surface area contributed by atoms with Crippen LogP contribution in [-0.2, 0) is 4.74 Å². The molecular formula is C8H13F3N2O2. The first-order valence-corrected chi connectivity index (χ1v) is 4.66. The van der Waals surface area contributed by atoms with Crippen molar-refractivity contribution in [1.29, 1.82) is 0 Å². The number of urea groups is 1. The maximum absolute atomic E-state index is 11.7. The fraction of sp³-hybridized carbons (Fsp3) is 0.875. The van der Waals surface area contributed by atoms with Gasteiger partial charge in [0.2, 0.25) is 0 Å². The molecule has 0 saturated carbocycles. The summed E-state index contributed by atoms with van der Waals surface area (Å²) < 4.78 is 40.2. The second-order valence-corrected chi connectivity index (χ2v) is 3.36. The van der Waals surface area contributed by atoms with Gasteiger partial charge in [0.15, 0.2) is 0 Å². The smallest absolute Gasteiger partial charge is 0.379 e. The Morgan fingerprint density at radius 2 is 2.20 bits per heavy atom. The lowest BCUT2D eigenvalue weighted by Gasteiger charge is -2.23. The average molecular weight is 226 g/mol. The summed E-state index contributed by atoms with van der Waals surface area (Å²) in [7, 11) is 0. The molecule has 1 saturated heterocycles. The number of hydrogen-bond acceptors (Lipinski definition) is 2. The van der Waals surface area contributed by atoms with Crippen molar-refractivity contribution in [2.45, 2.75) is 25.1 Å². The number of nitrogens with one attached hydrogen (secondary N) is 2. The Bertz CT molecular complexity index is 214. The molecule has 1 atom stereocenters. The Labute approximate surface area is 85.2 Å². The molecule has 0 aromatic heterocycles. The minimum Gasteiger partial charge on any atom is -0.379 e. The predicted molar refractivity (Wildman–Crippen MR) is 46.4 cm³/mol. The summed E-state index contributed by atoms with van der Waals surface area (Å²) in [6.07, 6.45) is -2.83. The Morgan fingerprint density at radius 1 is 1.47 bits per heavy atom. The zero-order valence-electron chi connectivity index (χ0n) is 8.06. The first kappa shape index (κ1) is 12.1. The van der Waals surface area contributed by atoms with Gasteiger partial charge in [0.1, 0.15) is 6.54 Å². The van der Waals surface area contributed by atoms with Crippen molar-refractivity contribution in [1.82, 2.24) is 10.6 Å². The monoisotopic (exact) mass is 226 g/mol. The zero-order valence-corrected chi connectivity index (χ0v) is 8.06. The van der Waals surface area contributed by atoms with Crippen LogP contribution in [0.15, 0.2) is 0 Å². The van der Waals surface area contributed by atoms with E-state index in [0.29, 0.717) is 13.2 Å². The predicted octanol–water partition coefficient (Wildman–Crippen LogP) is 1.03.